The lowest BCUT2D eigenvalue weighted by atomic mass is 9.87. The van der Waals surface area contributed by atoms with Crippen molar-refractivity contribution in [2.24, 2.45) is 11.8 Å². The van der Waals surface area contributed by atoms with Gasteiger partial charge in [0.25, 0.3) is 0 Å². The lowest BCUT2D eigenvalue weighted by Crippen LogP contribution is -2.40. The van der Waals surface area contributed by atoms with E-state index < -0.39 is 0 Å². The second-order valence-corrected chi connectivity index (χ2v) is 8.89. The molecular formula is C23H31N5O. The van der Waals surface area contributed by atoms with Crippen LogP contribution in [0.25, 0.3) is 0 Å². The van der Waals surface area contributed by atoms with E-state index in [4.69, 9.17) is 0 Å². The first kappa shape index (κ1) is 19.8. The van der Waals surface area contributed by atoms with Gasteiger partial charge in [0.1, 0.15) is 0 Å². The molecular weight excluding hydrogens is 362 g/mol. The van der Waals surface area contributed by atoms with Crippen molar-refractivity contribution in [3.05, 3.63) is 52.7 Å². The summed E-state index contributed by atoms with van der Waals surface area (Å²) in [6.45, 7) is 9.47. The van der Waals surface area contributed by atoms with Gasteiger partial charge in [0.15, 0.2) is 5.82 Å². The van der Waals surface area contributed by atoms with Crippen LogP contribution in [0.5, 0.6) is 0 Å². The average Bonchev–Trinajstić information content (AvgIpc) is 3.22. The van der Waals surface area contributed by atoms with Gasteiger partial charge in [0, 0.05) is 31.5 Å². The number of anilines is 1. The molecule has 0 N–H and O–H groups in total. The molecule has 1 aromatic carbocycles. The maximum absolute atomic E-state index is 13.1. The highest BCUT2D eigenvalue weighted by atomic mass is 16.2. The molecule has 2 aliphatic heterocycles. The highest BCUT2D eigenvalue weighted by Gasteiger charge is 2.49. The molecule has 3 heterocycles. The number of rotatable bonds is 4. The third-order valence-corrected chi connectivity index (χ3v) is 6.57. The van der Waals surface area contributed by atoms with Crippen molar-refractivity contribution in [2.45, 2.75) is 26.8 Å². The number of hydrogen-bond acceptors (Lipinski definition) is 5. The smallest absolute Gasteiger partial charge is 0.237 e. The Morgan fingerprint density at radius 1 is 1.10 bits per heavy atom. The molecule has 2 aliphatic rings. The topological polar surface area (TPSA) is 52.6 Å². The summed E-state index contributed by atoms with van der Waals surface area (Å²) >= 11 is 0. The first-order valence-corrected chi connectivity index (χ1v) is 10.4. The Bertz CT molecular complexity index is 912. The molecule has 3 atom stereocenters. The minimum absolute atomic E-state index is 0.122. The number of aryl methyl sites for hydroxylation is 2. The van der Waals surface area contributed by atoms with Crippen molar-refractivity contribution in [1.29, 1.82) is 0 Å². The maximum atomic E-state index is 13.1. The van der Waals surface area contributed by atoms with Gasteiger partial charge in [-0.15, -0.1) is 5.10 Å². The molecule has 2 aromatic rings. The van der Waals surface area contributed by atoms with E-state index >= 15 is 0 Å². The van der Waals surface area contributed by atoms with Crippen LogP contribution in [0.4, 0.5) is 5.82 Å². The highest BCUT2D eigenvalue weighted by molar-refractivity contribution is 5.79. The van der Waals surface area contributed by atoms with E-state index in [1.54, 1.807) is 0 Å². The van der Waals surface area contributed by atoms with Crippen LogP contribution in [0.15, 0.2) is 30.5 Å². The first-order chi connectivity index (χ1) is 13.9. The van der Waals surface area contributed by atoms with Crippen molar-refractivity contribution in [1.82, 2.24) is 20.0 Å². The Hall–Kier alpha value is -2.47. The standard InChI is InChI=1S/C23H31N5O/c1-15-8-6-7-9-19(15)22-20-13-27(23-17(3)16(2)10-24-25-23)11-18(20)12-28(22)21(29)14-26(4)5/h6-10,18,20,22H,11-14H2,1-5H3/t18-,20-,22+/m1/s1. The van der Waals surface area contributed by atoms with Crippen LogP contribution in [-0.2, 0) is 4.79 Å². The minimum atomic E-state index is 0.122. The lowest BCUT2D eigenvalue weighted by Gasteiger charge is -2.32. The van der Waals surface area contributed by atoms with E-state index in [9.17, 15) is 4.79 Å². The van der Waals surface area contributed by atoms with Crippen LogP contribution in [0.2, 0.25) is 0 Å². The number of carbonyl (C=O) groups is 1. The summed E-state index contributed by atoms with van der Waals surface area (Å²) in [5.74, 6) is 2.07. The molecule has 4 rings (SSSR count). The van der Waals surface area contributed by atoms with Gasteiger partial charge in [-0.2, -0.15) is 5.10 Å². The molecule has 29 heavy (non-hydrogen) atoms. The Kier molecular flexibility index (Phi) is 5.30. The molecule has 0 saturated carbocycles. The summed E-state index contributed by atoms with van der Waals surface area (Å²) < 4.78 is 0. The van der Waals surface area contributed by atoms with Crippen molar-refractivity contribution in [3.8, 4) is 0 Å². The number of likely N-dealkylation sites (N-methyl/N-ethyl adjacent to an activating group) is 1. The molecule has 0 aliphatic carbocycles. The summed E-state index contributed by atoms with van der Waals surface area (Å²) in [4.78, 5) is 19.5. The fourth-order valence-corrected chi connectivity index (χ4v) is 4.97. The number of nitrogens with zero attached hydrogens (tertiary/aromatic N) is 5. The van der Waals surface area contributed by atoms with E-state index in [1.165, 1.54) is 22.3 Å². The maximum Gasteiger partial charge on any atom is 0.237 e. The predicted molar refractivity (Wildman–Crippen MR) is 115 cm³/mol. The van der Waals surface area contributed by atoms with Crippen LogP contribution in [0.3, 0.4) is 0 Å². The molecule has 6 heteroatoms. The SMILES string of the molecule is Cc1ccccc1[C@H]1[C@@H]2CN(c3nncc(C)c3C)C[C@@H]2CN1C(=O)CN(C)C. The number of aromatic nitrogens is 2. The summed E-state index contributed by atoms with van der Waals surface area (Å²) in [7, 11) is 3.91. The quantitative estimate of drug-likeness (QED) is 0.799. The van der Waals surface area contributed by atoms with Crippen LogP contribution >= 0.6 is 0 Å². The largest absolute Gasteiger partial charge is 0.354 e. The molecule has 0 unspecified atom stereocenters. The normalized spacial score (nSPS) is 23.7. The molecule has 2 fully saturated rings. The summed E-state index contributed by atoms with van der Waals surface area (Å²) in [5.41, 5.74) is 4.91. The van der Waals surface area contributed by atoms with Gasteiger partial charge >= 0.3 is 0 Å². The van der Waals surface area contributed by atoms with E-state index in [2.05, 4.69) is 65.0 Å². The Morgan fingerprint density at radius 2 is 1.86 bits per heavy atom. The number of likely N-dealkylation sites (tertiary alicyclic amines) is 1. The fraction of sp³-hybridized carbons (Fsp3) is 0.522. The Morgan fingerprint density at radius 3 is 2.59 bits per heavy atom. The number of hydrogen-bond donors (Lipinski definition) is 0. The second kappa shape index (κ2) is 7.75. The fourth-order valence-electron chi connectivity index (χ4n) is 4.97. The Balaban J connectivity index is 1.66. The van der Waals surface area contributed by atoms with Crippen LogP contribution in [0, 0.1) is 32.6 Å². The zero-order valence-electron chi connectivity index (χ0n) is 18.1. The van der Waals surface area contributed by atoms with Crippen molar-refractivity contribution < 1.29 is 4.79 Å². The van der Waals surface area contributed by atoms with Gasteiger partial charge in [-0.05, 0) is 57.1 Å². The van der Waals surface area contributed by atoms with Gasteiger partial charge in [-0.3, -0.25) is 4.79 Å². The molecule has 1 aromatic heterocycles. The third-order valence-electron chi connectivity index (χ3n) is 6.57. The number of amides is 1. The number of carbonyl (C=O) groups excluding carboxylic acids is 1. The number of benzene rings is 1. The lowest BCUT2D eigenvalue weighted by molar-refractivity contribution is -0.133. The van der Waals surface area contributed by atoms with Crippen molar-refractivity contribution in [2.75, 3.05) is 45.2 Å². The molecule has 0 spiro atoms. The molecule has 0 bridgehead atoms. The molecule has 0 radical (unpaired) electrons. The highest BCUT2D eigenvalue weighted by Crippen LogP contribution is 2.46. The molecule has 2 saturated heterocycles. The zero-order chi connectivity index (χ0) is 20.7. The van der Waals surface area contributed by atoms with Crippen LogP contribution in [-0.4, -0.2) is 66.2 Å². The van der Waals surface area contributed by atoms with E-state index in [-0.39, 0.29) is 11.9 Å². The van der Waals surface area contributed by atoms with E-state index in [0.29, 0.717) is 18.4 Å². The average molecular weight is 394 g/mol. The van der Waals surface area contributed by atoms with Gasteiger partial charge in [0.05, 0.1) is 18.8 Å². The number of fused-ring (bicyclic) bond motifs is 1. The van der Waals surface area contributed by atoms with Gasteiger partial charge in [-0.1, -0.05) is 24.3 Å². The van der Waals surface area contributed by atoms with E-state index in [1.807, 2.05) is 25.2 Å². The van der Waals surface area contributed by atoms with E-state index in [0.717, 1.165) is 25.5 Å². The van der Waals surface area contributed by atoms with Gasteiger partial charge < -0.3 is 14.7 Å². The minimum Gasteiger partial charge on any atom is -0.354 e. The summed E-state index contributed by atoms with van der Waals surface area (Å²) in [6, 6.07) is 8.63. The molecule has 6 nitrogen and oxygen atoms in total. The van der Waals surface area contributed by atoms with Gasteiger partial charge in [0.2, 0.25) is 5.91 Å². The van der Waals surface area contributed by atoms with Crippen LogP contribution in [0.1, 0.15) is 28.3 Å². The van der Waals surface area contributed by atoms with Crippen molar-refractivity contribution in [3.63, 3.8) is 0 Å². The molecule has 154 valence electrons. The third kappa shape index (κ3) is 3.62. The first-order valence-electron chi connectivity index (χ1n) is 10.4. The Labute approximate surface area is 173 Å². The predicted octanol–water partition coefficient (Wildman–Crippen LogP) is 2.60. The second-order valence-electron chi connectivity index (χ2n) is 8.89. The summed E-state index contributed by atoms with van der Waals surface area (Å²) in [5, 5.41) is 8.63. The zero-order valence-corrected chi connectivity index (χ0v) is 18.1. The monoisotopic (exact) mass is 393 g/mol. The van der Waals surface area contributed by atoms with Crippen molar-refractivity contribution >= 4 is 11.7 Å². The summed E-state index contributed by atoms with van der Waals surface area (Å²) in [6.07, 6.45) is 1.83. The van der Waals surface area contributed by atoms with Gasteiger partial charge in [-0.25, -0.2) is 0 Å². The molecule has 1 amide bonds. The van der Waals surface area contributed by atoms with Crippen LogP contribution < -0.4 is 4.90 Å².